The average molecular weight is 608 g/mol. The van der Waals surface area contributed by atoms with Crippen LogP contribution in [0.15, 0.2) is 60.7 Å². The summed E-state index contributed by atoms with van der Waals surface area (Å²) in [5.74, 6) is -2.15. The molecule has 1 saturated heterocycles. The molecular formula is C32H35BrN2O5. The SMILES string of the molecule is CCCOC(=O)[C@@H](N)CCCCN1C(=O)C2C3(C)C(=O)C(C)(C(c4ccccc4)=C3c3ccccc3)C2(Br)C1=O. The molecule has 1 saturated carbocycles. The second kappa shape index (κ2) is 10.4. The summed E-state index contributed by atoms with van der Waals surface area (Å²) >= 11 is 3.77. The normalized spacial score (nSPS) is 29.8. The van der Waals surface area contributed by atoms with E-state index in [4.69, 9.17) is 10.5 Å². The lowest BCUT2D eigenvalue weighted by Gasteiger charge is -2.41. The van der Waals surface area contributed by atoms with E-state index in [1.165, 1.54) is 4.90 Å². The largest absolute Gasteiger partial charge is 0.465 e. The number of Topliss-reactive ketones (excluding diaryl/α,β-unsaturated/α-hetero) is 1. The first-order valence-electron chi connectivity index (χ1n) is 13.9. The Hall–Kier alpha value is -3.10. The number of benzene rings is 2. The van der Waals surface area contributed by atoms with Gasteiger partial charge in [-0.3, -0.25) is 24.1 Å². The number of ether oxygens (including phenoxy) is 1. The molecule has 2 aliphatic carbocycles. The molecule has 0 radical (unpaired) electrons. The molecule has 7 nitrogen and oxygen atoms in total. The van der Waals surface area contributed by atoms with Crippen LogP contribution < -0.4 is 5.73 Å². The minimum Gasteiger partial charge on any atom is -0.465 e. The van der Waals surface area contributed by atoms with Crippen LogP contribution >= 0.6 is 15.9 Å². The number of nitrogens with zero attached hydrogens (tertiary/aromatic N) is 1. The Morgan fingerprint density at radius 3 is 2.12 bits per heavy atom. The molecule has 1 heterocycles. The Bertz CT molecular complexity index is 1390. The first kappa shape index (κ1) is 28.4. The van der Waals surface area contributed by atoms with Crippen LogP contribution in [0.3, 0.4) is 0 Å². The number of ketones is 1. The average Bonchev–Trinajstić information content (AvgIpc) is 3.34. The van der Waals surface area contributed by atoms with Crippen LogP contribution in [-0.4, -0.2) is 52.0 Å². The standard InChI is InChI=1S/C32H35BrN2O5/c1-4-19-40-27(37)22(34)17-11-12-18-35-26(36)25-30(2)23(20-13-7-5-8-14-20)24(21-15-9-6-10-16-21)31(3,28(30)38)32(25,33)29(35)39/h5-10,13-16,22,25H,4,11-12,17-19,34H2,1-3H3/t22-,25?,30?,31?,32?/m0/s1. The summed E-state index contributed by atoms with van der Waals surface area (Å²) in [6.07, 6.45) is 2.16. The number of amides is 2. The number of halogens is 1. The summed E-state index contributed by atoms with van der Waals surface area (Å²) in [6.45, 7) is 6.08. The van der Waals surface area contributed by atoms with Crippen LogP contribution in [-0.2, 0) is 23.9 Å². The lowest BCUT2D eigenvalue weighted by atomic mass is 9.63. The van der Waals surface area contributed by atoms with Crippen molar-refractivity contribution in [2.45, 2.75) is 56.8 Å². The molecule has 2 aromatic carbocycles. The predicted molar refractivity (Wildman–Crippen MR) is 156 cm³/mol. The summed E-state index contributed by atoms with van der Waals surface area (Å²) in [6, 6.07) is 18.6. The summed E-state index contributed by atoms with van der Waals surface area (Å²) < 4.78 is 3.72. The molecule has 8 heteroatoms. The van der Waals surface area contributed by atoms with Gasteiger partial charge in [0.15, 0.2) is 5.78 Å². The molecule has 5 rings (SSSR count). The van der Waals surface area contributed by atoms with Gasteiger partial charge in [0.1, 0.15) is 10.4 Å². The molecule has 40 heavy (non-hydrogen) atoms. The van der Waals surface area contributed by atoms with Gasteiger partial charge in [0.2, 0.25) is 11.8 Å². The fourth-order valence-electron chi connectivity index (χ4n) is 7.13. The Kier molecular flexibility index (Phi) is 7.38. The van der Waals surface area contributed by atoms with E-state index in [0.29, 0.717) is 25.9 Å². The van der Waals surface area contributed by atoms with Crippen LogP contribution in [0.5, 0.6) is 0 Å². The number of imide groups is 1. The minimum absolute atomic E-state index is 0.113. The van der Waals surface area contributed by atoms with E-state index in [2.05, 4.69) is 15.9 Å². The highest BCUT2D eigenvalue weighted by Gasteiger charge is 2.85. The van der Waals surface area contributed by atoms with Crippen molar-refractivity contribution in [2.24, 2.45) is 22.5 Å². The smallest absolute Gasteiger partial charge is 0.322 e. The fraction of sp³-hybridized carbons (Fsp3) is 0.438. The van der Waals surface area contributed by atoms with Crippen molar-refractivity contribution in [1.82, 2.24) is 4.90 Å². The van der Waals surface area contributed by atoms with Gasteiger partial charge in [0, 0.05) is 6.54 Å². The van der Waals surface area contributed by atoms with Gasteiger partial charge in [-0.05, 0) is 61.8 Å². The Morgan fingerprint density at radius 2 is 1.55 bits per heavy atom. The highest BCUT2D eigenvalue weighted by Crippen LogP contribution is 2.77. The number of alkyl halides is 1. The second-order valence-electron chi connectivity index (χ2n) is 11.3. The molecule has 0 aromatic heterocycles. The van der Waals surface area contributed by atoms with Crippen molar-refractivity contribution >= 4 is 50.6 Å². The molecule has 2 fully saturated rings. The number of carbonyl (C=O) groups is 4. The molecule has 5 atom stereocenters. The number of nitrogens with two attached hydrogens (primary N) is 1. The zero-order valence-corrected chi connectivity index (χ0v) is 24.7. The number of unbranched alkanes of at least 4 members (excludes halogenated alkanes) is 1. The van der Waals surface area contributed by atoms with Crippen molar-refractivity contribution in [3.8, 4) is 0 Å². The number of allylic oxidation sites excluding steroid dienone is 2. The zero-order valence-electron chi connectivity index (χ0n) is 23.1. The Labute approximate surface area is 243 Å². The Balaban J connectivity index is 1.48. The third-order valence-corrected chi connectivity index (χ3v) is 10.6. The number of fused-ring (bicyclic) bond motifs is 5. The van der Waals surface area contributed by atoms with E-state index in [9.17, 15) is 19.2 Å². The van der Waals surface area contributed by atoms with Gasteiger partial charge in [-0.1, -0.05) is 83.5 Å². The topological polar surface area (TPSA) is 107 Å². The van der Waals surface area contributed by atoms with E-state index in [1.54, 1.807) is 0 Å². The van der Waals surface area contributed by atoms with Gasteiger partial charge in [0.25, 0.3) is 0 Å². The van der Waals surface area contributed by atoms with E-state index >= 15 is 0 Å². The first-order valence-corrected chi connectivity index (χ1v) is 14.7. The van der Waals surface area contributed by atoms with Crippen LogP contribution in [0.25, 0.3) is 11.1 Å². The monoisotopic (exact) mass is 606 g/mol. The van der Waals surface area contributed by atoms with Gasteiger partial charge >= 0.3 is 5.97 Å². The second-order valence-corrected chi connectivity index (χ2v) is 12.6. The molecule has 4 unspecified atom stereocenters. The number of hydrogen-bond acceptors (Lipinski definition) is 6. The number of carbonyl (C=O) groups excluding carboxylic acids is 4. The van der Waals surface area contributed by atoms with Gasteiger partial charge < -0.3 is 10.5 Å². The Morgan fingerprint density at radius 1 is 0.975 bits per heavy atom. The number of rotatable bonds is 10. The summed E-state index contributed by atoms with van der Waals surface area (Å²) in [5, 5.41) is 0. The quantitative estimate of drug-likeness (QED) is 0.181. The molecule has 2 bridgehead atoms. The summed E-state index contributed by atoms with van der Waals surface area (Å²) in [5.41, 5.74) is 6.85. The van der Waals surface area contributed by atoms with Crippen LogP contribution in [0.2, 0.25) is 0 Å². The van der Waals surface area contributed by atoms with Gasteiger partial charge in [-0.25, -0.2) is 0 Å². The lowest BCUT2D eigenvalue weighted by Crippen LogP contribution is -2.50. The summed E-state index contributed by atoms with van der Waals surface area (Å²) in [4.78, 5) is 55.9. The van der Waals surface area contributed by atoms with Gasteiger partial charge in [-0.2, -0.15) is 0 Å². The van der Waals surface area contributed by atoms with Gasteiger partial charge in [0.05, 0.1) is 23.4 Å². The van der Waals surface area contributed by atoms with E-state index in [1.807, 2.05) is 81.4 Å². The fourth-order valence-corrected chi connectivity index (χ4v) is 8.38. The van der Waals surface area contributed by atoms with E-state index in [0.717, 1.165) is 28.7 Å². The van der Waals surface area contributed by atoms with Crippen molar-refractivity contribution in [2.75, 3.05) is 13.2 Å². The van der Waals surface area contributed by atoms with Crippen LogP contribution in [0, 0.1) is 16.7 Å². The molecule has 210 valence electrons. The van der Waals surface area contributed by atoms with Crippen molar-refractivity contribution in [3.05, 3.63) is 71.8 Å². The molecule has 0 spiro atoms. The maximum Gasteiger partial charge on any atom is 0.322 e. The number of hydrogen-bond donors (Lipinski definition) is 1. The number of likely N-dealkylation sites (tertiary alicyclic amines) is 1. The third kappa shape index (κ3) is 3.79. The minimum atomic E-state index is -1.40. The molecular weight excluding hydrogens is 572 g/mol. The molecule has 2 amide bonds. The van der Waals surface area contributed by atoms with Crippen LogP contribution in [0.1, 0.15) is 57.6 Å². The summed E-state index contributed by atoms with van der Waals surface area (Å²) in [7, 11) is 0. The van der Waals surface area contributed by atoms with E-state index < -0.39 is 33.1 Å². The maximum absolute atomic E-state index is 14.4. The highest BCUT2D eigenvalue weighted by molar-refractivity contribution is 9.10. The van der Waals surface area contributed by atoms with Crippen molar-refractivity contribution < 1.29 is 23.9 Å². The maximum atomic E-state index is 14.4. The first-order chi connectivity index (χ1) is 19.1. The zero-order chi connectivity index (χ0) is 28.9. The highest BCUT2D eigenvalue weighted by atomic mass is 79.9. The molecule has 2 N–H and O–H groups in total. The predicted octanol–water partition coefficient (Wildman–Crippen LogP) is 4.78. The molecule has 1 aliphatic heterocycles. The lowest BCUT2D eigenvalue weighted by molar-refractivity contribution is -0.146. The van der Waals surface area contributed by atoms with Crippen LogP contribution in [0.4, 0.5) is 0 Å². The van der Waals surface area contributed by atoms with Gasteiger partial charge in [-0.15, -0.1) is 0 Å². The van der Waals surface area contributed by atoms with Crippen molar-refractivity contribution in [1.29, 1.82) is 0 Å². The molecule has 2 aromatic rings. The third-order valence-electron chi connectivity index (χ3n) is 8.99. The molecule has 3 aliphatic rings. The van der Waals surface area contributed by atoms with Crippen molar-refractivity contribution in [3.63, 3.8) is 0 Å². The number of esters is 1. The van der Waals surface area contributed by atoms with E-state index in [-0.39, 0.29) is 24.1 Å².